The molecule has 1 aromatic carbocycles. The Bertz CT molecular complexity index is 761. The lowest BCUT2D eigenvalue weighted by Crippen LogP contribution is -2.05. The molecule has 5 nitrogen and oxygen atoms in total. The van der Waals surface area contributed by atoms with Crippen LogP contribution < -0.4 is 0 Å². The predicted octanol–water partition coefficient (Wildman–Crippen LogP) is 2.66. The first-order valence-electron chi connectivity index (χ1n) is 5.50. The first-order chi connectivity index (χ1) is 9.63. The summed E-state index contributed by atoms with van der Waals surface area (Å²) in [5.74, 6) is -1.19. The molecule has 3 rings (SSSR count). The molecule has 0 bridgehead atoms. The molecule has 8 heteroatoms. The number of halogens is 3. The van der Waals surface area contributed by atoms with E-state index in [-0.39, 0.29) is 22.6 Å². The molecular weight excluding hydrogens is 288 g/mol. The van der Waals surface area contributed by atoms with Crippen molar-refractivity contribution < 1.29 is 8.78 Å². The number of hydrogen-bond acceptors (Lipinski definition) is 4. The highest BCUT2D eigenvalue weighted by Crippen LogP contribution is 2.21. The second-order valence-corrected chi connectivity index (χ2v) is 4.14. The Hall–Kier alpha value is -2.41. The van der Waals surface area contributed by atoms with E-state index in [1.807, 2.05) is 0 Å². The molecule has 2 heterocycles. The summed E-state index contributed by atoms with van der Waals surface area (Å²) < 4.78 is 28.3. The van der Waals surface area contributed by atoms with Gasteiger partial charge in [-0.3, -0.25) is 0 Å². The molecular formula is C12H6ClF2N5. The van der Waals surface area contributed by atoms with Gasteiger partial charge in [-0.2, -0.15) is 20.1 Å². The zero-order chi connectivity index (χ0) is 14.1. The molecule has 0 aliphatic heterocycles. The molecule has 0 fully saturated rings. The molecule has 0 radical (unpaired) electrons. The van der Waals surface area contributed by atoms with Crippen molar-refractivity contribution in [3.05, 3.63) is 53.6 Å². The summed E-state index contributed by atoms with van der Waals surface area (Å²) in [4.78, 5) is 11.7. The zero-order valence-corrected chi connectivity index (χ0v) is 10.6. The average molecular weight is 294 g/mol. The van der Waals surface area contributed by atoms with Crippen LogP contribution in [0.1, 0.15) is 0 Å². The van der Waals surface area contributed by atoms with Crippen molar-refractivity contribution in [2.24, 2.45) is 0 Å². The van der Waals surface area contributed by atoms with Crippen molar-refractivity contribution in [2.75, 3.05) is 0 Å². The third kappa shape index (κ3) is 2.35. The van der Waals surface area contributed by atoms with Crippen LogP contribution in [0, 0.1) is 11.6 Å². The van der Waals surface area contributed by atoms with Gasteiger partial charge in [-0.1, -0.05) is 0 Å². The lowest BCUT2D eigenvalue weighted by Gasteiger charge is -2.05. The number of hydrogen-bond donors (Lipinski definition) is 0. The Kier molecular flexibility index (Phi) is 3.11. The standard InChI is InChI=1S/C12H6ClF2N5/c13-11-17-10(8-6-7(14)2-3-9(8)15)18-12(19-11)20-5-1-4-16-20/h1-6H. The van der Waals surface area contributed by atoms with Crippen LogP contribution in [0.2, 0.25) is 5.28 Å². The summed E-state index contributed by atoms with van der Waals surface area (Å²) in [6, 6.07) is 4.67. The van der Waals surface area contributed by atoms with Gasteiger partial charge in [-0.05, 0) is 35.9 Å². The molecule has 0 amide bonds. The maximum atomic E-state index is 13.7. The van der Waals surface area contributed by atoms with Crippen LogP contribution in [0.3, 0.4) is 0 Å². The van der Waals surface area contributed by atoms with Gasteiger partial charge < -0.3 is 0 Å². The quantitative estimate of drug-likeness (QED) is 0.729. The summed E-state index contributed by atoms with van der Waals surface area (Å²) in [6.07, 6.45) is 3.12. The van der Waals surface area contributed by atoms with Gasteiger partial charge >= 0.3 is 0 Å². The minimum Gasteiger partial charge on any atom is -0.207 e. The molecule has 0 aliphatic carbocycles. The second kappa shape index (κ2) is 4.93. The van der Waals surface area contributed by atoms with Crippen molar-refractivity contribution in [3.63, 3.8) is 0 Å². The predicted molar refractivity (Wildman–Crippen MR) is 67.3 cm³/mol. The van der Waals surface area contributed by atoms with Crippen LogP contribution in [0.4, 0.5) is 8.78 Å². The molecule has 3 aromatic rings. The van der Waals surface area contributed by atoms with E-state index >= 15 is 0 Å². The average Bonchev–Trinajstić information content (AvgIpc) is 2.95. The summed E-state index contributed by atoms with van der Waals surface area (Å²) in [5, 5.41) is 3.80. The van der Waals surface area contributed by atoms with Crippen molar-refractivity contribution in [2.45, 2.75) is 0 Å². The number of aromatic nitrogens is 5. The number of nitrogens with zero attached hydrogens (tertiary/aromatic N) is 5. The van der Waals surface area contributed by atoms with E-state index in [0.29, 0.717) is 0 Å². The summed E-state index contributed by atoms with van der Waals surface area (Å²) in [5.41, 5.74) is -0.0947. The molecule has 0 spiro atoms. The summed E-state index contributed by atoms with van der Waals surface area (Å²) in [7, 11) is 0. The third-order valence-electron chi connectivity index (χ3n) is 2.47. The van der Waals surface area contributed by atoms with Crippen molar-refractivity contribution in [1.29, 1.82) is 0 Å². The highest BCUT2D eigenvalue weighted by atomic mass is 35.5. The molecule has 100 valence electrons. The van der Waals surface area contributed by atoms with E-state index in [4.69, 9.17) is 11.6 Å². The fourth-order valence-electron chi connectivity index (χ4n) is 1.62. The summed E-state index contributed by atoms with van der Waals surface area (Å²) in [6.45, 7) is 0. The van der Waals surface area contributed by atoms with Gasteiger partial charge in [0.25, 0.3) is 5.95 Å². The molecule has 0 unspecified atom stereocenters. The van der Waals surface area contributed by atoms with Gasteiger partial charge in [0.15, 0.2) is 5.82 Å². The maximum absolute atomic E-state index is 13.7. The van der Waals surface area contributed by atoms with Crippen molar-refractivity contribution in [1.82, 2.24) is 24.7 Å². The van der Waals surface area contributed by atoms with Gasteiger partial charge in [-0.15, -0.1) is 0 Å². The fraction of sp³-hybridized carbons (Fsp3) is 0. The SMILES string of the molecule is Fc1ccc(F)c(-c2nc(Cl)nc(-n3cccn3)n2)c1. The monoisotopic (exact) mass is 293 g/mol. The van der Waals surface area contributed by atoms with Crippen LogP contribution >= 0.6 is 11.6 Å². The lowest BCUT2D eigenvalue weighted by atomic mass is 10.2. The van der Waals surface area contributed by atoms with E-state index in [1.165, 1.54) is 10.9 Å². The number of benzene rings is 1. The van der Waals surface area contributed by atoms with Crippen LogP contribution in [0.25, 0.3) is 17.3 Å². The van der Waals surface area contributed by atoms with Crippen LogP contribution in [0.5, 0.6) is 0 Å². The molecule has 0 N–H and O–H groups in total. The molecule has 2 aromatic heterocycles. The smallest absolute Gasteiger partial charge is 0.207 e. The summed E-state index contributed by atoms with van der Waals surface area (Å²) >= 11 is 5.79. The van der Waals surface area contributed by atoms with Gasteiger partial charge in [-0.25, -0.2) is 13.5 Å². The molecule has 0 saturated heterocycles. The van der Waals surface area contributed by atoms with Gasteiger partial charge in [0, 0.05) is 12.4 Å². The normalized spacial score (nSPS) is 10.8. The zero-order valence-electron chi connectivity index (χ0n) is 9.83. The minimum atomic E-state index is -0.653. The first kappa shape index (κ1) is 12.6. The van der Waals surface area contributed by atoms with E-state index in [2.05, 4.69) is 20.1 Å². The fourth-order valence-corrected chi connectivity index (χ4v) is 1.77. The Morgan fingerprint density at radius 3 is 2.70 bits per heavy atom. The van der Waals surface area contributed by atoms with Crippen LogP contribution in [-0.4, -0.2) is 24.7 Å². The number of rotatable bonds is 2. The van der Waals surface area contributed by atoms with E-state index in [9.17, 15) is 8.78 Å². The topological polar surface area (TPSA) is 56.5 Å². The van der Waals surface area contributed by atoms with E-state index in [1.54, 1.807) is 12.3 Å². The highest BCUT2D eigenvalue weighted by molar-refractivity contribution is 6.28. The Balaban J connectivity index is 2.17. The van der Waals surface area contributed by atoms with Crippen molar-refractivity contribution in [3.8, 4) is 17.3 Å². The molecule has 0 aliphatic rings. The first-order valence-corrected chi connectivity index (χ1v) is 5.88. The van der Waals surface area contributed by atoms with Gasteiger partial charge in [0.05, 0.1) is 5.56 Å². The van der Waals surface area contributed by atoms with Gasteiger partial charge in [0.2, 0.25) is 5.28 Å². The minimum absolute atomic E-state index is 0.0625. The molecule has 0 atom stereocenters. The second-order valence-electron chi connectivity index (χ2n) is 3.80. The Morgan fingerprint density at radius 1 is 1.10 bits per heavy atom. The van der Waals surface area contributed by atoms with E-state index in [0.717, 1.165) is 18.2 Å². The van der Waals surface area contributed by atoms with Gasteiger partial charge in [0.1, 0.15) is 11.6 Å². The molecule has 20 heavy (non-hydrogen) atoms. The van der Waals surface area contributed by atoms with Crippen molar-refractivity contribution >= 4 is 11.6 Å². The third-order valence-corrected chi connectivity index (χ3v) is 2.64. The molecule has 0 saturated carbocycles. The maximum Gasteiger partial charge on any atom is 0.255 e. The van der Waals surface area contributed by atoms with Crippen LogP contribution in [-0.2, 0) is 0 Å². The Labute approximate surface area is 116 Å². The van der Waals surface area contributed by atoms with Crippen LogP contribution in [0.15, 0.2) is 36.7 Å². The van der Waals surface area contributed by atoms with E-state index < -0.39 is 11.6 Å². The largest absolute Gasteiger partial charge is 0.255 e. The highest BCUT2D eigenvalue weighted by Gasteiger charge is 2.13. The lowest BCUT2D eigenvalue weighted by molar-refractivity contribution is 0.601. The Morgan fingerprint density at radius 2 is 1.95 bits per heavy atom.